The molecule has 6 atom stereocenters. The molecule has 9 heteroatoms. The monoisotopic (exact) mass is 426 g/mol. The Morgan fingerprint density at radius 1 is 1.27 bits per heavy atom. The molecule has 3 rings (SSSR count). The van der Waals surface area contributed by atoms with Crippen LogP contribution >= 0.6 is 0 Å². The Kier molecular flexibility index (Phi) is 6.94. The number of rotatable bonds is 8. The van der Waals surface area contributed by atoms with E-state index < -0.39 is 18.3 Å². The molecule has 2 aliphatic heterocycles. The average molecular weight is 427 g/mol. The van der Waals surface area contributed by atoms with E-state index >= 15 is 0 Å². The van der Waals surface area contributed by atoms with Gasteiger partial charge < -0.3 is 34.3 Å². The van der Waals surface area contributed by atoms with Crippen molar-refractivity contribution in [3.63, 3.8) is 0 Å². The summed E-state index contributed by atoms with van der Waals surface area (Å²) in [4.78, 5) is 23.3. The van der Waals surface area contributed by atoms with Gasteiger partial charge in [-0.3, -0.25) is 0 Å². The fourth-order valence-corrected chi connectivity index (χ4v) is 4.62. The number of hydrogen-bond acceptors (Lipinski definition) is 7. The second-order valence-corrected chi connectivity index (χ2v) is 8.63. The Hall–Kier alpha value is -1.84. The van der Waals surface area contributed by atoms with E-state index in [4.69, 9.17) is 23.7 Å². The van der Waals surface area contributed by atoms with Gasteiger partial charge in [-0.1, -0.05) is 11.6 Å². The number of carbonyl (C=O) groups excluding carboxylic acids is 2. The topological polar surface area (TPSA) is 111 Å². The van der Waals surface area contributed by atoms with Crippen molar-refractivity contribution in [3.05, 3.63) is 11.6 Å². The number of alkyl carbamates (subject to hydrolysis) is 2. The number of methoxy groups -OCH3 is 1. The van der Waals surface area contributed by atoms with Crippen molar-refractivity contribution >= 4 is 12.2 Å². The zero-order chi connectivity index (χ0) is 21.9. The van der Waals surface area contributed by atoms with E-state index in [-0.39, 0.29) is 42.5 Å². The Balaban J connectivity index is 1.59. The van der Waals surface area contributed by atoms with Crippen LogP contribution in [0.2, 0.25) is 0 Å². The van der Waals surface area contributed by atoms with Gasteiger partial charge in [0.2, 0.25) is 0 Å². The third-order valence-electron chi connectivity index (χ3n) is 6.30. The van der Waals surface area contributed by atoms with Crippen molar-refractivity contribution in [2.75, 3.05) is 33.9 Å². The molecule has 0 aromatic rings. The van der Waals surface area contributed by atoms with Crippen LogP contribution in [-0.2, 0) is 23.7 Å². The second kappa shape index (κ2) is 9.11. The summed E-state index contributed by atoms with van der Waals surface area (Å²) in [5, 5.41) is 4.95. The summed E-state index contributed by atoms with van der Waals surface area (Å²) < 4.78 is 28.4. The van der Waals surface area contributed by atoms with Crippen molar-refractivity contribution < 1.29 is 33.3 Å². The summed E-state index contributed by atoms with van der Waals surface area (Å²) >= 11 is 0. The lowest BCUT2D eigenvalue weighted by molar-refractivity contribution is -0.118. The Labute approximate surface area is 177 Å². The van der Waals surface area contributed by atoms with Gasteiger partial charge in [0.25, 0.3) is 0 Å². The van der Waals surface area contributed by atoms with Crippen LogP contribution in [0.25, 0.3) is 0 Å². The molecule has 9 nitrogen and oxygen atoms in total. The van der Waals surface area contributed by atoms with E-state index in [2.05, 4.69) is 37.5 Å². The number of hydrogen-bond donors (Lipinski definition) is 2. The van der Waals surface area contributed by atoms with Crippen LogP contribution in [0.5, 0.6) is 0 Å². The molecule has 0 bridgehead atoms. The van der Waals surface area contributed by atoms with Gasteiger partial charge in [0.05, 0.1) is 25.2 Å². The van der Waals surface area contributed by atoms with Gasteiger partial charge in [0, 0.05) is 14.2 Å². The third-order valence-corrected chi connectivity index (χ3v) is 6.30. The molecular formula is C21H34N2O7. The molecule has 1 saturated carbocycles. The van der Waals surface area contributed by atoms with Crippen LogP contribution < -0.4 is 10.6 Å². The summed E-state index contributed by atoms with van der Waals surface area (Å²) in [6, 6.07) is 0. The van der Waals surface area contributed by atoms with E-state index in [1.54, 1.807) is 7.11 Å². The zero-order valence-electron chi connectivity index (χ0n) is 18.5. The van der Waals surface area contributed by atoms with Crippen LogP contribution in [0.3, 0.4) is 0 Å². The average Bonchev–Trinajstić information content (AvgIpc) is 3.62. The fourth-order valence-electron chi connectivity index (χ4n) is 4.62. The molecule has 3 aliphatic rings. The Morgan fingerprint density at radius 2 is 2.00 bits per heavy atom. The highest BCUT2D eigenvalue weighted by Gasteiger charge is 2.72. The van der Waals surface area contributed by atoms with Gasteiger partial charge >= 0.3 is 12.2 Å². The number of amides is 2. The highest BCUT2D eigenvalue weighted by Crippen LogP contribution is 2.59. The first-order valence-electron chi connectivity index (χ1n) is 10.5. The molecule has 0 radical (unpaired) electrons. The quantitative estimate of drug-likeness (QED) is 0.347. The lowest BCUT2D eigenvalue weighted by Crippen LogP contribution is -2.56. The van der Waals surface area contributed by atoms with Crippen molar-refractivity contribution in [2.45, 2.75) is 69.5 Å². The lowest BCUT2D eigenvalue weighted by atomic mass is 9.68. The van der Waals surface area contributed by atoms with E-state index in [0.717, 1.165) is 12.8 Å². The number of allylic oxidation sites excluding steroid dienone is 1. The van der Waals surface area contributed by atoms with Crippen LogP contribution in [0.1, 0.15) is 40.0 Å². The highest BCUT2D eigenvalue weighted by molar-refractivity contribution is 5.68. The van der Waals surface area contributed by atoms with E-state index in [9.17, 15) is 9.59 Å². The minimum absolute atomic E-state index is 0.0197. The minimum Gasteiger partial charge on any atom is -0.448 e. The normalized spacial score (nSPS) is 36.6. The molecule has 170 valence electrons. The largest absolute Gasteiger partial charge is 0.448 e. The standard InChI is InChI=1S/C21H34N2O7/c1-13(2)6-7-15-20(3,30-15)17-16(26-5)14(8-9-21(17)12-28-21)29-19(25)23-10-11-27-18(24)22-4/h6,14-17H,7-12H2,1-5H3,(H,22,24)(H,23,25). The highest BCUT2D eigenvalue weighted by atomic mass is 16.6. The predicted octanol–water partition coefficient (Wildman–Crippen LogP) is 2.14. The van der Waals surface area contributed by atoms with Crippen molar-refractivity contribution in [1.82, 2.24) is 10.6 Å². The SMILES string of the molecule is CNC(=O)OCCNC(=O)OC1CCC2(CO2)C(C2(C)OC2CC=C(C)C)C1OC. The van der Waals surface area contributed by atoms with E-state index in [1.165, 1.54) is 12.6 Å². The maximum Gasteiger partial charge on any atom is 0.407 e. The fraction of sp³-hybridized carbons (Fsp3) is 0.810. The molecule has 2 saturated heterocycles. The first-order valence-corrected chi connectivity index (χ1v) is 10.5. The lowest BCUT2D eigenvalue weighted by Gasteiger charge is -2.42. The zero-order valence-corrected chi connectivity index (χ0v) is 18.5. The predicted molar refractivity (Wildman–Crippen MR) is 108 cm³/mol. The van der Waals surface area contributed by atoms with Gasteiger partial charge in [-0.15, -0.1) is 0 Å². The van der Waals surface area contributed by atoms with Crippen LogP contribution in [0.4, 0.5) is 9.59 Å². The molecule has 0 aromatic heterocycles. The second-order valence-electron chi connectivity index (χ2n) is 8.63. The molecule has 2 heterocycles. The van der Waals surface area contributed by atoms with Crippen molar-refractivity contribution in [2.24, 2.45) is 5.92 Å². The molecule has 0 aromatic carbocycles. The van der Waals surface area contributed by atoms with Crippen LogP contribution in [0, 0.1) is 5.92 Å². The molecule has 1 spiro atoms. The molecule has 6 unspecified atom stereocenters. The van der Waals surface area contributed by atoms with Gasteiger partial charge in [-0.25, -0.2) is 9.59 Å². The summed E-state index contributed by atoms with van der Waals surface area (Å²) in [5.41, 5.74) is 0.631. The summed E-state index contributed by atoms with van der Waals surface area (Å²) in [7, 11) is 3.11. The molecule has 2 N–H and O–H groups in total. The van der Waals surface area contributed by atoms with Crippen LogP contribution in [-0.4, -0.2) is 75.6 Å². The van der Waals surface area contributed by atoms with Gasteiger partial charge in [0.1, 0.15) is 30.0 Å². The van der Waals surface area contributed by atoms with Crippen molar-refractivity contribution in [3.8, 4) is 0 Å². The number of nitrogens with one attached hydrogen (secondary N) is 2. The van der Waals surface area contributed by atoms with Crippen molar-refractivity contribution in [1.29, 1.82) is 0 Å². The molecule has 3 fully saturated rings. The van der Waals surface area contributed by atoms with Crippen LogP contribution in [0.15, 0.2) is 11.6 Å². The summed E-state index contributed by atoms with van der Waals surface area (Å²) in [5.74, 6) is -0.0197. The minimum atomic E-state index is -0.558. The molecule has 30 heavy (non-hydrogen) atoms. The smallest absolute Gasteiger partial charge is 0.407 e. The summed E-state index contributed by atoms with van der Waals surface area (Å²) in [6.45, 7) is 7.16. The maximum atomic E-state index is 12.3. The van der Waals surface area contributed by atoms with E-state index in [1.807, 2.05) is 0 Å². The number of ether oxygens (including phenoxy) is 5. The van der Waals surface area contributed by atoms with Gasteiger partial charge in [0.15, 0.2) is 0 Å². The van der Waals surface area contributed by atoms with Gasteiger partial charge in [-0.2, -0.15) is 0 Å². The molecule has 2 amide bonds. The van der Waals surface area contributed by atoms with E-state index in [0.29, 0.717) is 13.0 Å². The first kappa shape index (κ1) is 22.8. The Morgan fingerprint density at radius 3 is 2.60 bits per heavy atom. The molecular weight excluding hydrogens is 392 g/mol. The third kappa shape index (κ3) is 4.90. The van der Waals surface area contributed by atoms with Gasteiger partial charge in [-0.05, 0) is 40.0 Å². The maximum absolute atomic E-state index is 12.3. The molecule has 1 aliphatic carbocycles. The Bertz CT molecular complexity index is 674. The first-order chi connectivity index (χ1) is 14.3. The number of epoxide rings is 2. The number of carbonyl (C=O) groups is 2. The summed E-state index contributed by atoms with van der Waals surface area (Å²) in [6.07, 6.45) is 2.76.